The van der Waals surface area contributed by atoms with Crippen LogP contribution in [0.15, 0.2) is 23.8 Å². The van der Waals surface area contributed by atoms with Crippen molar-refractivity contribution in [1.82, 2.24) is 0 Å². The first kappa shape index (κ1) is 20.6. The van der Waals surface area contributed by atoms with E-state index in [1.54, 1.807) is 12.2 Å². The van der Waals surface area contributed by atoms with Gasteiger partial charge in [0.15, 0.2) is 11.6 Å². The highest BCUT2D eigenvalue weighted by molar-refractivity contribution is 7.81. The summed E-state index contributed by atoms with van der Waals surface area (Å²) in [5.41, 5.74) is -1.90. The highest BCUT2D eigenvalue weighted by Gasteiger charge is 2.74. The van der Waals surface area contributed by atoms with Gasteiger partial charge < -0.3 is 10.2 Å². The van der Waals surface area contributed by atoms with Crippen LogP contribution in [-0.4, -0.2) is 44.1 Å². The third-order valence-electron chi connectivity index (χ3n) is 8.79. The fourth-order valence-corrected chi connectivity index (χ4v) is 8.02. The monoisotopic (exact) mass is 424 g/mol. The molecule has 0 aromatic rings. The minimum atomic E-state index is -1.51. The number of ketones is 2. The zero-order chi connectivity index (χ0) is 20.7. The SMILES string of the molecule is CC1C[C@H]2[C@@H]3CCC4=CC(=O)C=C[C@]4(C)[C@@]3(Cl)C(O)C[C@]2(C)[C@@]1(O)C(=O)CS. The zero-order valence-electron chi connectivity index (χ0n) is 16.6. The number of allylic oxidation sites excluding steroid dienone is 4. The Kier molecular flexibility index (Phi) is 4.57. The average molecular weight is 425 g/mol. The third-order valence-corrected chi connectivity index (χ3v) is 10.0. The number of fused-ring (bicyclic) bond motifs is 5. The Morgan fingerprint density at radius 1 is 1.36 bits per heavy atom. The van der Waals surface area contributed by atoms with Gasteiger partial charge in [0.1, 0.15) is 5.60 Å². The molecule has 3 fully saturated rings. The summed E-state index contributed by atoms with van der Waals surface area (Å²) >= 11 is 11.5. The molecule has 4 aliphatic rings. The van der Waals surface area contributed by atoms with Crippen molar-refractivity contribution in [1.29, 1.82) is 0 Å². The van der Waals surface area contributed by atoms with Gasteiger partial charge in [-0.25, -0.2) is 0 Å². The van der Waals surface area contributed by atoms with Gasteiger partial charge in [-0.15, -0.1) is 11.6 Å². The molecular weight excluding hydrogens is 396 g/mol. The molecule has 0 amide bonds. The van der Waals surface area contributed by atoms with E-state index in [0.29, 0.717) is 6.42 Å². The van der Waals surface area contributed by atoms with Crippen molar-refractivity contribution in [2.24, 2.45) is 28.6 Å². The van der Waals surface area contributed by atoms with Crippen molar-refractivity contribution in [3.8, 4) is 0 Å². The summed E-state index contributed by atoms with van der Waals surface area (Å²) in [4.78, 5) is 23.7. The molecule has 0 saturated heterocycles. The lowest BCUT2D eigenvalue weighted by molar-refractivity contribution is -0.175. The van der Waals surface area contributed by atoms with Crippen LogP contribution in [0.25, 0.3) is 0 Å². The number of Topliss-reactive ketones (excluding diaryl/α,β-unsaturated/α-hetero) is 1. The van der Waals surface area contributed by atoms with E-state index in [1.165, 1.54) is 0 Å². The number of hydrogen-bond acceptors (Lipinski definition) is 5. The first-order chi connectivity index (χ1) is 13.0. The second-order valence-corrected chi connectivity index (χ2v) is 10.7. The van der Waals surface area contributed by atoms with Crippen LogP contribution in [0.2, 0.25) is 0 Å². The molecule has 154 valence electrons. The quantitative estimate of drug-likeness (QED) is 0.470. The highest BCUT2D eigenvalue weighted by Crippen LogP contribution is 2.71. The van der Waals surface area contributed by atoms with E-state index < -0.39 is 27.4 Å². The van der Waals surface area contributed by atoms with Crippen LogP contribution >= 0.6 is 24.2 Å². The maximum atomic E-state index is 12.8. The summed E-state index contributed by atoms with van der Waals surface area (Å²) in [5.74, 6) is -0.598. The Morgan fingerprint density at radius 2 is 2.04 bits per heavy atom. The molecule has 0 aliphatic heterocycles. The lowest BCUT2D eigenvalue weighted by Crippen LogP contribution is -2.68. The van der Waals surface area contributed by atoms with Crippen LogP contribution < -0.4 is 0 Å². The highest BCUT2D eigenvalue weighted by atomic mass is 35.5. The smallest absolute Gasteiger partial charge is 0.178 e. The Balaban J connectivity index is 1.84. The van der Waals surface area contributed by atoms with E-state index in [4.69, 9.17) is 11.6 Å². The fraction of sp³-hybridized carbons (Fsp3) is 0.727. The Morgan fingerprint density at radius 3 is 2.68 bits per heavy atom. The fourth-order valence-electron chi connectivity index (χ4n) is 7.26. The van der Waals surface area contributed by atoms with E-state index in [9.17, 15) is 19.8 Å². The minimum Gasteiger partial charge on any atom is -0.391 e. The molecule has 2 N–H and O–H groups in total. The van der Waals surface area contributed by atoms with Gasteiger partial charge in [-0.2, -0.15) is 12.6 Å². The van der Waals surface area contributed by atoms with Crippen LogP contribution in [0.4, 0.5) is 0 Å². The number of alkyl halides is 1. The average Bonchev–Trinajstić information content (AvgIpc) is 2.84. The predicted molar refractivity (Wildman–Crippen MR) is 111 cm³/mol. The largest absolute Gasteiger partial charge is 0.391 e. The molecule has 28 heavy (non-hydrogen) atoms. The molecule has 4 nitrogen and oxygen atoms in total. The molecular formula is C22H29ClO4S. The number of carbonyl (C=O) groups excluding carboxylic acids is 2. The Labute approximate surface area is 176 Å². The van der Waals surface area contributed by atoms with Gasteiger partial charge in [0.05, 0.1) is 16.7 Å². The molecule has 2 unspecified atom stereocenters. The number of aliphatic hydroxyl groups excluding tert-OH is 1. The summed E-state index contributed by atoms with van der Waals surface area (Å²) in [6.45, 7) is 5.87. The Hall–Kier alpha value is -0.620. The molecule has 0 heterocycles. The number of rotatable bonds is 2. The summed E-state index contributed by atoms with van der Waals surface area (Å²) in [7, 11) is 0. The first-order valence-electron chi connectivity index (χ1n) is 10.1. The zero-order valence-corrected chi connectivity index (χ0v) is 18.3. The summed E-state index contributed by atoms with van der Waals surface area (Å²) in [6, 6.07) is 0. The molecule has 6 heteroatoms. The summed E-state index contributed by atoms with van der Waals surface area (Å²) < 4.78 is 0. The standard InChI is InChI=1S/C22H29ClO4S/c1-12-8-16-15-5-4-13-9-14(24)6-7-19(13,2)21(15,23)17(25)10-20(16,3)22(12,27)18(26)11-28/h6-7,9,12,15-17,25,27-28H,4-5,8,10-11H2,1-3H3/t12?,15-,16-,17?,19-,20-,21-,22-/m0/s1. The molecule has 4 aliphatic carbocycles. The normalized spacial score (nSPS) is 52.5. The van der Waals surface area contributed by atoms with Gasteiger partial charge in [0.2, 0.25) is 0 Å². The second kappa shape index (κ2) is 6.19. The van der Waals surface area contributed by atoms with E-state index in [1.807, 2.05) is 26.8 Å². The van der Waals surface area contributed by atoms with Crippen molar-refractivity contribution < 1.29 is 19.8 Å². The third kappa shape index (κ3) is 2.17. The second-order valence-electron chi connectivity index (χ2n) is 9.75. The molecule has 0 aromatic heterocycles. The van der Waals surface area contributed by atoms with Gasteiger partial charge in [-0.3, -0.25) is 9.59 Å². The number of carbonyl (C=O) groups is 2. The van der Waals surface area contributed by atoms with Crippen molar-refractivity contribution >= 4 is 35.8 Å². The molecule has 8 atom stereocenters. The van der Waals surface area contributed by atoms with Crippen LogP contribution in [0.3, 0.4) is 0 Å². The van der Waals surface area contributed by atoms with Crippen LogP contribution in [0.1, 0.15) is 46.5 Å². The van der Waals surface area contributed by atoms with Crippen LogP contribution in [0.5, 0.6) is 0 Å². The maximum absolute atomic E-state index is 12.8. The van der Waals surface area contributed by atoms with E-state index in [-0.39, 0.29) is 41.5 Å². The van der Waals surface area contributed by atoms with Gasteiger partial charge in [0, 0.05) is 10.8 Å². The maximum Gasteiger partial charge on any atom is 0.178 e. The predicted octanol–water partition coefficient (Wildman–Crippen LogP) is 3.10. The minimum absolute atomic E-state index is 0.0154. The molecule has 3 saturated carbocycles. The first-order valence-corrected chi connectivity index (χ1v) is 11.2. The van der Waals surface area contributed by atoms with E-state index in [0.717, 1.165) is 18.4 Å². The van der Waals surface area contributed by atoms with E-state index in [2.05, 4.69) is 12.6 Å². The molecule has 0 radical (unpaired) electrons. The summed E-state index contributed by atoms with van der Waals surface area (Å²) in [5, 5.41) is 23.0. The van der Waals surface area contributed by atoms with Crippen molar-refractivity contribution in [2.45, 2.75) is 63.0 Å². The number of hydrogen-bond donors (Lipinski definition) is 3. The molecule has 0 spiro atoms. The molecule has 0 aromatic carbocycles. The number of aliphatic hydroxyl groups is 2. The number of thiol groups is 1. The molecule has 4 rings (SSSR count). The van der Waals surface area contributed by atoms with Crippen molar-refractivity contribution in [2.75, 3.05) is 5.75 Å². The van der Waals surface area contributed by atoms with Gasteiger partial charge in [-0.05, 0) is 55.6 Å². The van der Waals surface area contributed by atoms with Gasteiger partial charge >= 0.3 is 0 Å². The lowest BCUT2D eigenvalue weighted by Gasteiger charge is -2.63. The van der Waals surface area contributed by atoms with Gasteiger partial charge in [-0.1, -0.05) is 32.4 Å². The Bertz CT molecular complexity index is 808. The van der Waals surface area contributed by atoms with Crippen LogP contribution in [0, 0.1) is 28.6 Å². The van der Waals surface area contributed by atoms with Gasteiger partial charge in [0.25, 0.3) is 0 Å². The van der Waals surface area contributed by atoms with Crippen molar-refractivity contribution in [3.05, 3.63) is 23.8 Å². The topological polar surface area (TPSA) is 74.6 Å². The lowest BCUT2D eigenvalue weighted by atomic mass is 9.45. The van der Waals surface area contributed by atoms with Crippen molar-refractivity contribution in [3.63, 3.8) is 0 Å². The molecule has 0 bridgehead atoms. The van der Waals surface area contributed by atoms with E-state index >= 15 is 0 Å². The summed E-state index contributed by atoms with van der Waals surface area (Å²) in [6.07, 6.45) is 6.59. The number of halogens is 1. The van der Waals surface area contributed by atoms with Crippen LogP contribution in [-0.2, 0) is 9.59 Å².